The van der Waals surface area contributed by atoms with Crippen LogP contribution in [0.25, 0.3) is 0 Å². The number of halogens is 1. The van der Waals surface area contributed by atoms with Crippen molar-refractivity contribution in [3.8, 4) is 0 Å². The van der Waals surface area contributed by atoms with Crippen molar-refractivity contribution in [2.75, 3.05) is 39.9 Å². The SMILES string of the molecule is C=C.C=C(/C=C/CF)N1CCC(CCNC)(CCNC(C(N)=O)C(C)C)C1.CC. The topological polar surface area (TPSA) is 70.4 Å². The molecule has 5 nitrogen and oxygen atoms in total. The first-order valence-electron chi connectivity index (χ1n) is 10.7. The predicted octanol–water partition coefficient (Wildman–Crippen LogP) is 3.65. The molecule has 1 rings (SSSR count). The fourth-order valence-electron chi connectivity index (χ4n) is 3.55. The summed E-state index contributed by atoms with van der Waals surface area (Å²) in [6, 6.07) is -0.290. The first-order chi connectivity index (χ1) is 13.8. The molecule has 1 amide bonds. The van der Waals surface area contributed by atoms with E-state index in [0.29, 0.717) is 0 Å². The Morgan fingerprint density at radius 1 is 1.28 bits per heavy atom. The lowest BCUT2D eigenvalue weighted by Crippen LogP contribution is -2.46. The highest BCUT2D eigenvalue weighted by molar-refractivity contribution is 5.80. The van der Waals surface area contributed by atoms with Gasteiger partial charge in [-0.3, -0.25) is 4.79 Å². The summed E-state index contributed by atoms with van der Waals surface area (Å²) in [5.41, 5.74) is 6.52. The second-order valence-corrected chi connectivity index (χ2v) is 7.40. The van der Waals surface area contributed by atoms with E-state index in [1.807, 2.05) is 34.7 Å². The number of primary amides is 1. The minimum Gasteiger partial charge on any atom is -0.371 e. The van der Waals surface area contributed by atoms with E-state index >= 15 is 0 Å². The average molecular weight is 413 g/mol. The first kappa shape index (κ1) is 29.5. The maximum Gasteiger partial charge on any atom is 0.234 e. The molecule has 0 aromatic carbocycles. The second kappa shape index (κ2) is 17.2. The summed E-state index contributed by atoms with van der Waals surface area (Å²) < 4.78 is 12.3. The smallest absolute Gasteiger partial charge is 0.234 e. The predicted molar refractivity (Wildman–Crippen MR) is 124 cm³/mol. The van der Waals surface area contributed by atoms with E-state index in [1.165, 1.54) is 6.08 Å². The molecule has 2 unspecified atom stereocenters. The van der Waals surface area contributed by atoms with E-state index in [1.54, 1.807) is 6.08 Å². The number of nitrogens with zero attached hydrogens (tertiary/aromatic N) is 1. The van der Waals surface area contributed by atoms with Crippen LogP contribution < -0.4 is 16.4 Å². The molecule has 1 aliphatic heterocycles. The standard InChI is InChI=1S/C19H35FN4O.C2H6.C2H4/c1-15(2)17(18(21)25)23-12-8-19(7-11-22-4)9-13-24(14-19)16(3)6-5-10-20;2*1-2/h5-6,15,17,22-23H,3,7-14H2,1-2,4H3,(H2,21,25);1-2H3;1-2H2/b6-5+;;. The number of amides is 1. The molecule has 1 heterocycles. The molecule has 1 fully saturated rings. The lowest BCUT2D eigenvalue weighted by Gasteiger charge is -2.31. The van der Waals surface area contributed by atoms with Gasteiger partial charge in [0.25, 0.3) is 0 Å². The van der Waals surface area contributed by atoms with E-state index in [9.17, 15) is 9.18 Å². The molecule has 170 valence electrons. The maximum absolute atomic E-state index is 12.3. The van der Waals surface area contributed by atoms with E-state index in [4.69, 9.17) is 5.73 Å². The Morgan fingerprint density at radius 3 is 2.34 bits per heavy atom. The van der Waals surface area contributed by atoms with Gasteiger partial charge in [0.2, 0.25) is 5.91 Å². The highest BCUT2D eigenvalue weighted by Gasteiger charge is 2.37. The van der Waals surface area contributed by atoms with Crippen LogP contribution in [0, 0.1) is 11.3 Å². The normalized spacial score (nSPS) is 19.3. The molecule has 29 heavy (non-hydrogen) atoms. The lowest BCUT2D eigenvalue weighted by molar-refractivity contribution is -0.121. The van der Waals surface area contributed by atoms with E-state index in [-0.39, 0.29) is 23.3 Å². The van der Waals surface area contributed by atoms with Gasteiger partial charge in [-0.15, -0.1) is 13.2 Å². The van der Waals surface area contributed by atoms with Gasteiger partial charge in [0.15, 0.2) is 0 Å². The number of likely N-dealkylation sites (tertiary alicyclic amines) is 1. The monoisotopic (exact) mass is 412 g/mol. The van der Waals surface area contributed by atoms with Crippen molar-refractivity contribution in [3.05, 3.63) is 37.6 Å². The zero-order valence-electron chi connectivity index (χ0n) is 19.4. The van der Waals surface area contributed by atoms with Crippen LogP contribution >= 0.6 is 0 Å². The van der Waals surface area contributed by atoms with Gasteiger partial charge in [-0.05, 0) is 56.8 Å². The van der Waals surface area contributed by atoms with Gasteiger partial charge in [0.05, 0.1) is 6.04 Å². The van der Waals surface area contributed by atoms with Crippen molar-refractivity contribution in [2.24, 2.45) is 17.1 Å². The largest absolute Gasteiger partial charge is 0.371 e. The lowest BCUT2D eigenvalue weighted by atomic mass is 9.80. The van der Waals surface area contributed by atoms with Crippen molar-refractivity contribution in [1.29, 1.82) is 0 Å². The Labute approximate surface area is 178 Å². The maximum atomic E-state index is 12.3. The van der Waals surface area contributed by atoms with Crippen LogP contribution in [0.5, 0.6) is 0 Å². The number of carbonyl (C=O) groups is 1. The van der Waals surface area contributed by atoms with Gasteiger partial charge in [-0.1, -0.05) is 40.3 Å². The van der Waals surface area contributed by atoms with Gasteiger partial charge in [-0.25, -0.2) is 4.39 Å². The molecule has 0 aliphatic carbocycles. The number of hydrogen-bond acceptors (Lipinski definition) is 4. The second-order valence-electron chi connectivity index (χ2n) is 7.40. The molecule has 0 spiro atoms. The number of alkyl halides is 1. The van der Waals surface area contributed by atoms with Crippen LogP contribution in [0.2, 0.25) is 0 Å². The van der Waals surface area contributed by atoms with Gasteiger partial charge in [-0.2, -0.15) is 0 Å². The molecule has 0 saturated carbocycles. The third-order valence-corrected chi connectivity index (χ3v) is 5.14. The van der Waals surface area contributed by atoms with Crippen LogP contribution in [0.4, 0.5) is 4.39 Å². The highest BCUT2D eigenvalue weighted by Crippen LogP contribution is 2.38. The van der Waals surface area contributed by atoms with Crippen molar-refractivity contribution < 1.29 is 9.18 Å². The highest BCUT2D eigenvalue weighted by atomic mass is 19.1. The summed E-state index contributed by atoms with van der Waals surface area (Å²) in [6.45, 7) is 21.1. The Hall–Kier alpha value is -1.66. The molecule has 0 aromatic rings. The number of allylic oxidation sites excluding steroid dienone is 2. The summed E-state index contributed by atoms with van der Waals surface area (Å²) in [7, 11) is 1.96. The van der Waals surface area contributed by atoms with Crippen LogP contribution in [0.1, 0.15) is 47.0 Å². The minimum absolute atomic E-state index is 0.168. The van der Waals surface area contributed by atoms with E-state index in [0.717, 1.165) is 51.1 Å². The van der Waals surface area contributed by atoms with Crippen LogP contribution in [0.3, 0.4) is 0 Å². The van der Waals surface area contributed by atoms with Gasteiger partial charge in [0, 0.05) is 18.8 Å². The minimum atomic E-state index is -0.467. The molecule has 1 saturated heterocycles. The quantitative estimate of drug-likeness (QED) is 0.338. The molecule has 0 aromatic heterocycles. The molecule has 0 bridgehead atoms. The van der Waals surface area contributed by atoms with Crippen molar-refractivity contribution in [1.82, 2.24) is 15.5 Å². The molecule has 2 atom stereocenters. The number of hydrogen-bond donors (Lipinski definition) is 3. The van der Waals surface area contributed by atoms with Gasteiger partial charge < -0.3 is 21.3 Å². The Morgan fingerprint density at radius 2 is 1.86 bits per heavy atom. The zero-order valence-corrected chi connectivity index (χ0v) is 19.4. The van der Waals surface area contributed by atoms with Crippen molar-refractivity contribution >= 4 is 5.91 Å². The van der Waals surface area contributed by atoms with Gasteiger partial charge >= 0.3 is 0 Å². The van der Waals surface area contributed by atoms with E-state index < -0.39 is 6.67 Å². The fourth-order valence-corrected chi connectivity index (χ4v) is 3.55. The summed E-state index contributed by atoms with van der Waals surface area (Å²) in [5, 5.41) is 6.56. The number of nitrogens with two attached hydrogens (primary N) is 1. The molecular weight excluding hydrogens is 367 g/mol. The summed E-state index contributed by atoms with van der Waals surface area (Å²) in [4.78, 5) is 13.8. The first-order valence-corrected chi connectivity index (χ1v) is 10.7. The molecule has 0 radical (unpaired) electrons. The summed E-state index contributed by atoms with van der Waals surface area (Å²) in [6.07, 6.45) is 6.36. The van der Waals surface area contributed by atoms with Crippen LogP contribution in [-0.2, 0) is 4.79 Å². The van der Waals surface area contributed by atoms with Crippen LogP contribution in [0.15, 0.2) is 37.6 Å². The van der Waals surface area contributed by atoms with E-state index in [2.05, 4.69) is 35.3 Å². The molecule has 1 aliphatic rings. The number of rotatable bonds is 12. The Bertz CT molecular complexity index is 481. The van der Waals surface area contributed by atoms with Crippen LogP contribution in [-0.4, -0.2) is 56.8 Å². The summed E-state index contributed by atoms with van der Waals surface area (Å²) >= 11 is 0. The number of nitrogens with one attached hydrogen (secondary N) is 2. The van der Waals surface area contributed by atoms with Gasteiger partial charge in [0.1, 0.15) is 6.67 Å². The average Bonchev–Trinajstić information content (AvgIpc) is 3.15. The Balaban J connectivity index is 0. The molecule has 6 heteroatoms. The number of carbonyl (C=O) groups excluding carboxylic acids is 1. The third-order valence-electron chi connectivity index (χ3n) is 5.14. The fraction of sp³-hybridized carbons (Fsp3) is 0.696. The zero-order chi connectivity index (χ0) is 22.9. The molecule has 4 N–H and O–H groups in total. The third kappa shape index (κ3) is 11.2. The van der Waals surface area contributed by atoms with Crippen molar-refractivity contribution in [2.45, 2.75) is 53.0 Å². The Kier molecular flexibility index (Phi) is 17.5. The van der Waals surface area contributed by atoms with Crippen molar-refractivity contribution in [3.63, 3.8) is 0 Å². The summed E-state index contributed by atoms with van der Waals surface area (Å²) in [5.74, 6) is -0.117. The molecular formula is C23H45FN4O.